The van der Waals surface area contributed by atoms with Gasteiger partial charge in [0.05, 0.1) is 33.0 Å². The van der Waals surface area contributed by atoms with Crippen molar-refractivity contribution >= 4 is 129 Å². The molecule has 0 bridgehead atoms. The third kappa shape index (κ3) is 21.3. The number of hydrogen-bond acceptors (Lipinski definition) is 4. The Bertz CT molecular complexity index is 6460. The van der Waals surface area contributed by atoms with Crippen LogP contribution < -0.4 is 4.74 Å². The molecular formula is C135H156O4. The van der Waals surface area contributed by atoms with Crippen molar-refractivity contribution < 1.29 is 18.9 Å². The molecule has 0 aromatic heterocycles. The summed E-state index contributed by atoms with van der Waals surface area (Å²) in [5, 5.41) is 32.5. The molecule has 5 atom stereocenters. The number of fused-ring (bicyclic) bond motifs is 6. The van der Waals surface area contributed by atoms with Gasteiger partial charge < -0.3 is 18.9 Å². The fourth-order valence-electron chi connectivity index (χ4n) is 24.2. The first-order valence-electron chi connectivity index (χ1n) is 54.8. The zero-order valence-electron chi connectivity index (χ0n) is 87.1. The van der Waals surface area contributed by atoms with Crippen molar-refractivity contribution in [1.29, 1.82) is 0 Å². The summed E-state index contributed by atoms with van der Waals surface area (Å²) < 4.78 is 23.5. The van der Waals surface area contributed by atoms with Crippen molar-refractivity contribution in [3.8, 4) is 72.5 Å². The fraction of sp³-hybridized carbons (Fsp3) is 0.422. The highest BCUT2D eigenvalue weighted by atomic mass is 16.6. The second kappa shape index (κ2) is 43.6. The zero-order chi connectivity index (χ0) is 96.2. The normalized spacial score (nSPS) is 13.8. The van der Waals surface area contributed by atoms with Crippen LogP contribution in [0.5, 0.6) is 5.75 Å². The summed E-state index contributed by atoms with van der Waals surface area (Å²) in [6.07, 6.45) is 30.9. The predicted molar refractivity (Wildman–Crippen MR) is 606 cm³/mol. The van der Waals surface area contributed by atoms with Crippen LogP contribution in [0.15, 0.2) is 218 Å². The SMILES string of the molecule is COCCOCCOCCOc1ccc(-c2cc3c4cc(-c5ccc(CCC(C)CCCC(C)C)cc5)cc5c6cc(-c7ccc(CCC(C)CCCC(C)C)cc7)cc7c8cc(-c9ccc(CCC(C)CCCC(C)C)cc9)cc9c%10cc(-c%11ccc(CCC(C)CCCC(C)C)cc%11)cc%11c%12cc(-c%13ccc(CCC(C)CCCC(C)C)cc%13)cc%13c(c2)c3c2c(c54)c(c76)c(c89)c(c%10%11)c2c%12%13)cc1. The van der Waals surface area contributed by atoms with E-state index >= 15 is 0 Å². The number of rotatable bonds is 51. The second-order valence-electron chi connectivity index (χ2n) is 45.8. The fourth-order valence-corrected chi connectivity index (χ4v) is 24.2. The number of methoxy groups -OCH3 is 1. The molecule has 139 heavy (non-hydrogen) atoms. The molecule has 19 aromatic carbocycles. The van der Waals surface area contributed by atoms with E-state index in [4.69, 9.17) is 18.9 Å². The Morgan fingerprint density at radius 2 is 0.345 bits per heavy atom. The maximum atomic E-state index is 6.52. The van der Waals surface area contributed by atoms with Crippen molar-refractivity contribution in [2.24, 2.45) is 59.2 Å². The third-order valence-electron chi connectivity index (χ3n) is 32.5. The zero-order valence-corrected chi connectivity index (χ0v) is 87.1. The highest BCUT2D eigenvalue weighted by Crippen LogP contribution is 2.63. The predicted octanol–water partition coefficient (Wildman–Crippen LogP) is 39.2. The molecule has 4 heteroatoms. The molecule has 720 valence electrons. The summed E-state index contributed by atoms with van der Waals surface area (Å²) in [5.41, 5.74) is 22.0. The quantitative estimate of drug-likeness (QED) is 0.0216. The summed E-state index contributed by atoms with van der Waals surface area (Å²) in [6, 6.07) is 90.2. The van der Waals surface area contributed by atoms with Crippen molar-refractivity contribution in [1.82, 2.24) is 0 Å². The number of aryl methyl sites for hydroxylation is 5. The van der Waals surface area contributed by atoms with Gasteiger partial charge in [0.15, 0.2) is 0 Å². The van der Waals surface area contributed by atoms with E-state index in [0.717, 1.165) is 73.0 Å². The average Bonchev–Trinajstić information content (AvgIpc) is 0.639. The van der Waals surface area contributed by atoms with Crippen LogP contribution in [0.4, 0.5) is 0 Å². The smallest absolute Gasteiger partial charge is 0.119 e. The molecule has 0 aliphatic carbocycles. The molecule has 19 rings (SSSR count). The van der Waals surface area contributed by atoms with E-state index in [1.54, 1.807) is 7.11 Å². The van der Waals surface area contributed by atoms with Crippen LogP contribution in [0.2, 0.25) is 0 Å². The van der Waals surface area contributed by atoms with Crippen LogP contribution in [0.25, 0.3) is 196 Å². The topological polar surface area (TPSA) is 36.9 Å². The Hall–Kier alpha value is -10.5. The minimum Gasteiger partial charge on any atom is -0.491 e. The monoisotopic (exact) mass is 1840 g/mol. The van der Waals surface area contributed by atoms with Gasteiger partial charge in [-0.15, -0.1) is 0 Å². The van der Waals surface area contributed by atoms with Gasteiger partial charge in [-0.3, -0.25) is 0 Å². The van der Waals surface area contributed by atoms with Crippen LogP contribution >= 0.6 is 0 Å². The molecule has 0 radical (unpaired) electrons. The van der Waals surface area contributed by atoms with Crippen LogP contribution in [-0.4, -0.2) is 46.8 Å². The van der Waals surface area contributed by atoms with E-state index in [2.05, 4.69) is 322 Å². The van der Waals surface area contributed by atoms with E-state index in [0.29, 0.717) is 69.2 Å². The molecular weight excluding hydrogens is 1690 g/mol. The van der Waals surface area contributed by atoms with Gasteiger partial charge in [-0.25, -0.2) is 0 Å². The van der Waals surface area contributed by atoms with E-state index in [1.807, 2.05) is 0 Å². The summed E-state index contributed by atoms with van der Waals surface area (Å²) in [4.78, 5) is 0. The van der Waals surface area contributed by atoms with Gasteiger partial charge in [-0.05, 0) is 432 Å². The maximum Gasteiger partial charge on any atom is 0.119 e. The second-order valence-corrected chi connectivity index (χ2v) is 45.8. The molecule has 0 aliphatic rings. The molecule has 0 aliphatic heterocycles. The Kier molecular flexibility index (Phi) is 30.5. The van der Waals surface area contributed by atoms with E-state index < -0.39 is 0 Å². The molecule has 4 nitrogen and oxygen atoms in total. The van der Waals surface area contributed by atoms with Crippen molar-refractivity contribution in [2.45, 2.75) is 264 Å². The maximum absolute atomic E-state index is 6.52. The van der Waals surface area contributed by atoms with E-state index in [9.17, 15) is 0 Å². The van der Waals surface area contributed by atoms with Crippen LogP contribution in [-0.2, 0) is 46.3 Å². The van der Waals surface area contributed by atoms with Crippen molar-refractivity contribution in [3.05, 3.63) is 246 Å². The van der Waals surface area contributed by atoms with Gasteiger partial charge >= 0.3 is 0 Å². The molecule has 0 amide bonds. The number of benzene rings is 19. The summed E-state index contributed by atoms with van der Waals surface area (Å²) >= 11 is 0. The first-order chi connectivity index (χ1) is 67.5. The van der Waals surface area contributed by atoms with Gasteiger partial charge in [0, 0.05) is 7.11 Å². The first-order valence-corrected chi connectivity index (χ1v) is 54.8. The first kappa shape index (κ1) is 97.4. The van der Waals surface area contributed by atoms with Gasteiger partial charge in [0.1, 0.15) is 12.4 Å². The molecule has 0 saturated heterocycles. The van der Waals surface area contributed by atoms with Crippen LogP contribution in [0.3, 0.4) is 0 Å². The molecule has 19 aromatic rings. The Morgan fingerprint density at radius 1 is 0.173 bits per heavy atom. The Labute approximate surface area is 831 Å². The lowest BCUT2D eigenvalue weighted by atomic mass is 9.72. The largest absolute Gasteiger partial charge is 0.491 e. The van der Waals surface area contributed by atoms with E-state index in [1.165, 1.54) is 347 Å². The minimum atomic E-state index is 0.436. The number of hydrogen-bond donors (Lipinski definition) is 0. The standard InChI is InChI=1S/C135H156O4/c1-84(2)22-17-27-89(11)32-37-94-42-52-99(53-43-94)105-72-112-114-74-106(100-54-44-95(45-55-100)38-33-90(12)28-18-23-85(3)4)76-116-118-78-108(102-58-48-97(49-59-102)40-35-92(14)30-20-25-87(7)8)80-120-122-82-110(104-62-64-111(65-63-104)139-71-70-138-69-68-137-67-66-136-16)83-123-121-81-109(103-60-50-98(51-61-103)41-36-93(15)31-21-26-88(9)10)79-119-117-77-107(101-56-46-96(47-57-101)39-34-91(13)29-19-24-86(5)6)75-115-113(73-105)124(112)130-131(125(114)116)133(127(118)120)135(129(122)123)134(128(119)121)132(130)126(115)117/h42-65,72-93H,17-41,66-71H2,1-16H3. The van der Waals surface area contributed by atoms with E-state index in [-0.39, 0.29) is 0 Å². The molecule has 0 N–H and O–H groups in total. The molecule has 5 unspecified atom stereocenters. The van der Waals surface area contributed by atoms with Gasteiger partial charge in [0.2, 0.25) is 0 Å². The Morgan fingerprint density at radius 3 is 0.525 bits per heavy atom. The average molecular weight is 1840 g/mol. The summed E-state index contributed by atoms with van der Waals surface area (Å²) in [7, 11) is 1.70. The van der Waals surface area contributed by atoms with Crippen LogP contribution in [0.1, 0.15) is 260 Å². The number of ether oxygens (including phenoxy) is 4. The molecule has 0 spiro atoms. The van der Waals surface area contributed by atoms with Gasteiger partial charge in [-0.2, -0.15) is 0 Å². The minimum absolute atomic E-state index is 0.436. The lowest BCUT2D eigenvalue weighted by molar-refractivity contribution is 0.0180. The highest BCUT2D eigenvalue weighted by Gasteiger charge is 2.34. The lowest BCUT2D eigenvalue weighted by Gasteiger charge is -2.30. The third-order valence-corrected chi connectivity index (χ3v) is 32.5. The Balaban J connectivity index is 0.896. The highest BCUT2D eigenvalue weighted by molar-refractivity contribution is 6.61. The van der Waals surface area contributed by atoms with Crippen LogP contribution in [0, 0.1) is 59.2 Å². The lowest BCUT2D eigenvalue weighted by Crippen LogP contribution is -2.12. The summed E-state index contributed by atoms with van der Waals surface area (Å²) in [6.45, 7) is 39.1. The van der Waals surface area contributed by atoms with Gasteiger partial charge in [-0.1, -0.05) is 334 Å². The van der Waals surface area contributed by atoms with Gasteiger partial charge in [0.25, 0.3) is 0 Å². The van der Waals surface area contributed by atoms with Crippen molar-refractivity contribution in [3.63, 3.8) is 0 Å². The van der Waals surface area contributed by atoms with Crippen molar-refractivity contribution in [2.75, 3.05) is 46.8 Å². The molecule has 0 saturated carbocycles. The molecule has 0 heterocycles. The molecule has 0 fully saturated rings. The summed E-state index contributed by atoms with van der Waals surface area (Å²) in [5.74, 6) is 7.94.